The van der Waals surface area contributed by atoms with Gasteiger partial charge < -0.3 is 4.57 Å². The van der Waals surface area contributed by atoms with Gasteiger partial charge in [0.25, 0.3) is 5.91 Å². The average Bonchev–Trinajstić information content (AvgIpc) is 3.16. The number of anilines is 1. The summed E-state index contributed by atoms with van der Waals surface area (Å²) in [6, 6.07) is 23.1. The molecule has 0 atom stereocenters. The lowest BCUT2D eigenvalue weighted by Gasteiger charge is -2.24. The summed E-state index contributed by atoms with van der Waals surface area (Å²) in [7, 11) is -3.68. The monoisotopic (exact) mass is 568 g/mol. The van der Waals surface area contributed by atoms with Crippen LogP contribution in [0.5, 0.6) is 0 Å². The highest BCUT2D eigenvalue weighted by atomic mass is 35.5. The normalized spacial score (nSPS) is 11.6. The summed E-state index contributed by atoms with van der Waals surface area (Å²) in [5, 5.41) is 5.04. The minimum absolute atomic E-state index is 0.0886. The second kappa shape index (κ2) is 11.4. The van der Waals surface area contributed by atoms with Crippen LogP contribution in [0.4, 0.5) is 5.69 Å². The maximum absolute atomic E-state index is 13.1. The number of para-hydroxylation sites is 1. The number of aryl methyl sites for hydroxylation is 1. The van der Waals surface area contributed by atoms with E-state index in [2.05, 4.69) is 10.5 Å². The standard InChI is InChI=1S/C28H26Cl2N4O3S/c1-19-16-22(20(2)34(19)26-15-9-13-24(29)27(26)30)17-31-32-28(35)23-12-7-8-14-25(23)33(38(3,36)37)18-21-10-5-4-6-11-21/h4-17H,18H2,1-3H3,(H,32,35)/b31-17-. The molecule has 0 spiro atoms. The van der Waals surface area contributed by atoms with Crippen molar-refractivity contribution in [1.29, 1.82) is 0 Å². The topological polar surface area (TPSA) is 83.8 Å². The molecule has 0 aliphatic rings. The van der Waals surface area contributed by atoms with Crippen molar-refractivity contribution in [3.63, 3.8) is 0 Å². The smallest absolute Gasteiger partial charge is 0.273 e. The molecule has 1 N–H and O–H groups in total. The van der Waals surface area contributed by atoms with Crippen LogP contribution in [0.3, 0.4) is 0 Å². The molecule has 10 heteroatoms. The lowest BCUT2D eigenvalue weighted by atomic mass is 10.1. The molecule has 0 aliphatic carbocycles. The third kappa shape index (κ3) is 5.93. The lowest BCUT2D eigenvalue weighted by molar-refractivity contribution is 0.0955. The Morgan fingerprint density at radius 1 is 1.00 bits per heavy atom. The van der Waals surface area contributed by atoms with Crippen LogP contribution in [-0.2, 0) is 16.6 Å². The maximum atomic E-state index is 13.1. The zero-order valence-electron chi connectivity index (χ0n) is 21.0. The van der Waals surface area contributed by atoms with Crippen molar-refractivity contribution in [3.05, 3.63) is 117 Å². The lowest BCUT2D eigenvalue weighted by Crippen LogP contribution is -2.32. The molecule has 196 valence electrons. The molecule has 38 heavy (non-hydrogen) atoms. The minimum atomic E-state index is -3.68. The average molecular weight is 570 g/mol. The van der Waals surface area contributed by atoms with Crippen LogP contribution in [0.15, 0.2) is 84.0 Å². The molecule has 4 aromatic rings. The van der Waals surface area contributed by atoms with Crippen LogP contribution in [0.1, 0.15) is 32.9 Å². The molecule has 0 unspecified atom stereocenters. The highest BCUT2D eigenvalue weighted by Gasteiger charge is 2.23. The van der Waals surface area contributed by atoms with Crippen molar-refractivity contribution < 1.29 is 13.2 Å². The fraction of sp³-hybridized carbons (Fsp3) is 0.143. The van der Waals surface area contributed by atoms with E-state index in [-0.39, 0.29) is 17.8 Å². The van der Waals surface area contributed by atoms with Crippen LogP contribution in [0.2, 0.25) is 10.0 Å². The molecule has 0 radical (unpaired) electrons. The number of rotatable bonds is 8. The van der Waals surface area contributed by atoms with Crippen LogP contribution in [-0.4, -0.2) is 31.4 Å². The van der Waals surface area contributed by atoms with Gasteiger partial charge >= 0.3 is 0 Å². The summed E-state index contributed by atoms with van der Waals surface area (Å²) in [5.41, 5.74) is 7.05. The Kier molecular flexibility index (Phi) is 8.26. The Bertz CT molecular complexity index is 1620. The summed E-state index contributed by atoms with van der Waals surface area (Å²) in [6.45, 7) is 3.93. The molecule has 1 amide bonds. The van der Waals surface area contributed by atoms with Crippen LogP contribution in [0, 0.1) is 13.8 Å². The highest BCUT2D eigenvalue weighted by molar-refractivity contribution is 7.92. The number of aromatic nitrogens is 1. The van der Waals surface area contributed by atoms with Gasteiger partial charge in [-0.1, -0.05) is 71.7 Å². The van der Waals surface area contributed by atoms with Crippen LogP contribution >= 0.6 is 23.2 Å². The van der Waals surface area contributed by atoms with Gasteiger partial charge in [0.15, 0.2) is 0 Å². The number of carbonyl (C=O) groups is 1. The first-order chi connectivity index (χ1) is 18.1. The van der Waals surface area contributed by atoms with Gasteiger partial charge in [0, 0.05) is 17.0 Å². The van der Waals surface area contributed by atoms with E-state index in [1.807, 2.05) is 66.9 Å². The van der Waals surface area contributed by atoms with Crippen LogP contribution in [0.25, 0.3) is 5.69 Å². The third-order valence-electron chi connectivity index (χ3n) is 6.00. The molecule has 0 bridgehead atoms. The molecule has 1 aromatic heterocycles. The summed E-state index contributed by atoms with van der Waals surface area (Å²) in [5.74, 6) is -0.537. The maximum Gasteiger partial charge on any atom is 0.273 e. The zero-order chi connectivity index (χ0) is 27.4. The van der Waals surface area contributed by atoms with E-state index >= 15 is 0 Å². The third-order valence-corrected chi connectivity index (χ3v) is 7.93. The number of benzene rings is 3. The van der Waals surface area contributed by atoms with E-state index in [0.29, 0.717) is 10.0 Å². The summed E-state index contributed by atoms with van der Waals surface area (Å²) >= 11 is 12.6. The van der Waals surface area contributed by atoms with E-state index in [4.69, 9.17) is 23.2 Å². The van der Waals surface area contributed by atoms with Crippen molar-refractivity contribution in [2.24, 2.45) is 5.10 Å². The first kappa shape index (κ1) is 27.4. The predicted octanol–water partition coefficient (Wildman–Crippen LogP) is 6.13. The van der Waals surface area contributed by atoms with Gasteiger partial charge in [-0.25, -0.2) is 13.8 Å². The van der Waals surface area contributed by atoms with Gasteiger partial charge in [-0.15, -0.1) is 0 Å². The molecule has 0 saturated heterocycles. The molecule has 7 nitrogen and oxygen atoms in total. The molecular formula is C28H26Cl2N4O3S. The Balaban J connectivity index is 1.59. The van der Waals surface area contributed by atoms with Crippen molar-refractivity contribution in [2.75, 3.05) is 10.6 Å². The zero-order valence-corrected chi connectivity index (χ0v) is 23.3. The molecule has 1 heterocycles. The van der Waals surface area contributed by atoms with E-state index < -0.39 is 15.9 Å². The number of nitrogens with one attached hydrogen (secondary N) is 1. The van der Waals surface area contributed by atoms with Gasteiger partial charge in [-0.2, -0.15) is 5.10 Å². The number of nitrogens with zero attached hydrogens (tertiary/aromatic N) is 3. The number of hydrogen-bond donors (Lipinski definition) is 1. The summed E-state index contributed by atoms with van der Waals surface area (Å²) in [4.78, 5) is 13.1. The molecule has 0 fully saturated rings. The number of halogens is 2. The fourth-order valence-corrected chi connectivity index (χ4v) is 5.47. The fourth-order valence-electron chi connectivity index (χ4n) is 4.19. The largest absolute Gasteiger partial charge is 0.316 e. The van der Waals surface area contributed by atoms with Gasteiger partial charge in [0.2, 0.25) is 10.0 Å². The number of carbonyl (C=O) groups excluding carboxylic acids is 1. The second-order valence-electron chi connectivity index (χ2n) is 8.71. The molecule has 4 rings (SSSR count). The number of sulfonamides is 1. The highest BCUT2D eigenvalue weighted by Crippen LogP contribution is 2.31. The molecular weight excluding hydrogens is 543 g/mol. The van der Waals surface area contributed by atoms with E-state index in [1.165, 1.54) is 10.5 Å². The van der Waals surface area contributed by atoms with Crippen molar-refractivity contribution >= 4 is 51.0 Å². The molecule has 0 saturated carbocycles. The first-order valence-corrected chi connectivity index (χ1v) is 14.3. The Morgan fingerprint density at radius 3 is 2.39 bits per heavy atom. The Labute approximate surface area is 232 Å². The summed E-state index contributed by atoms with van der Waals surface area (Å²) < 4.78 is 28.5. The van der Waals surface area contributed by atoms with Crippen molar-refractivity contribution in [3.8, 4) is 5.69 Å². The number of hydrazone groups is 1. The van der Waals surface area contributed by atoms with E-state index in [9.17, 15) is 13.2 Å². The predicted molar refractivity (Wildman–Crippen MR) is 154 cm³/mol. The second-order valence-corrected chi connectivity index (χ2v) is 11.4. The number of amides is 1. The van der Waals surface area contributed by atoms with Crippen LogP contribution < -0.4 is 9.73 Å². The van der Waals surface area contributed by atoms with Crippen molar-refractivity contribution in [2.45, 2.75) is 20.4 Å². The molecule has 3 aromatic carbocycles. The quantitative estimate of drug-likeness (QED) is 0.205. The van der Waals surface area contributed by atoms with E-state index in [0.717, 1.165) is 34.5 Å². The van der Waals surface area contributed by atoms with Gasteiger partial charge in [-0.3, -0.25) is 9.10 Å². The Morgan fingerprint density at radius 2 is 1.68 bits per heavy atom. The van der Waals surface area contributed by atoms with E-state index in [1.54, 1.807) is 30.3 Å². The number of hydrogen-bond acceptors (Lipinski definition) is 4. The van der Waals surface area contributed by atoms with Gasteiger partial charge in [0.1, 0.15) is 0 Å². The summed E-state index contributed by atoms with van der Waals surface area (Å²) in [6.07, 6.45) is 2.65. The van der Waals surface area contributed by atoms with Gasteiger partial charge in [0.05, 0.1) is 46.0 Å². The minimum Gasteiger partial charge on any atom is -0.316 e. The van der Waals surface area contributed by atoms with Gasteiger partial charge in [-0.05, 0) is 49.7 Å². The SMILES string of the molecule is Cc1cc(/C=N\NC(=O)c2ccccc2N(Cc2ccccc2)S(C)(=O)=O)c(C)n1-c1cccc(Cl)c1Cl. The molecule has 0 aliphatic heterocycles. The first-order valence-electron chi connectivity index (χ1n) is 11.7. The Hall–Kier alpha value is -3.59. The van der Waals surface area contributed by atoms with Crippen molar-refractivity contribution in [1.82, 2.24) is 9.99 Å².